The van der Waals surface area contributed by atoms with Gasteiger partial charge >= 0.3 is 6.09 Å². The van der Waals surface area contributed by atoms with E-state index in [0.29, 0.717) is 25.2 Å². The average molecular weight is 554 g/mol. The van der Waals surface area contributed by atoms with Gasteiger partial charge in [0.25, 0.3) is 5.91 Å². The van der Waals surface area contributed by atoms with Crippen LogP contribution in [0.25, 0.3) is 10.9 Å². The summed E-state index contributed by atoms with van der Waals surface area (Å²) in [6.07, 6.45) is 3.50. The van der Waals surface area contributed by atoms with Crippen molar-refractivity contribution < 1.29 is 19.4 Å². The summed E-state index contributed by atoms with van der Waals surface area (Å²) in [5, 5.41) is 16.0. The lowest BCUT2D eigenvalue weighted by atomic mass is 9.87. The maximum atomic E-state index is 14.4. The van der Waals surface area contributed by atoms with E-state index in [1.807, 2.05) is 49.5 Å². The van der Waals surface area contributed by atoms with Crippen LogP contribution in [0.1, 0.15) is 43.9 Å². The van der Waals surface area contributed by atoms with E-state index in [1.54, 1.807) is 49.9 Å². The maximum absolute atomic E-state index is 14.4. The van der Waals surface area contributed by atoms with Gasteiger partial charge in [-0.15, -0.1) is 6.58 Å². The van der Waals surface area contributed by atoms with Gasteiger partial charge in [-0.25, -0.2) is 4.79 Å². The third-order valence-corrected chi connectivity index (χ3v) is 6.94. The zero-order valence-corrected chi connectivity index (χ0v) is 24.3. The van der Waals surface area contributed by atoms with Gasteiger partial charge in [0.1, 0.15) is 5.60 Å². The molecule has 1 aromatic heterocycles. The van der Waals surface area contributed by atoms with E-state index >= 15 is 0 Å². The predicted molar refractivity (Wildman–Crippen MR) is 163 cm³/mol. The smallest absolute Gasteiger partial charge is 0.412 e. The minimum Gasteiger partial charge on any atom is -0.444 e. The van der Waals surface area contributed by atoms with E-state index in [4.69, 9.17) is 4.74 Å². The molecule has 1 atom stereocenters. The number of carbonyl (C=O) groups excluding carboxylic acids is 2. The number of para-hydroxylation sites is 2. The molecule has 1 unspecified atom stereocenters. The van der Waals surface area contributed by atoms with Gasteiger partial charge in [-0.2, -0.15) is 0 Å². The van der Waals surface area contributed by atoms with Gasteiger partial charge in [-0.3, -0.25) is 10.1 Å². The van der Waals surface area contributed by atoms with Crippen molar-refractivity contribution in [2.45, 2.75) is 51.4 Å². The molecule has 4 rings (SSSR count). The van der Waals surface area contributed by atoms with Gasteiger partial charge in [0.2, 0.25) is 0 Å². The highest BCUT2D eigenvalue weighted by Crippen LogP contribution is 2.35. The van der Waals surface area contributed by atoms with Crippen molar-refractivity contribution in [3.05, 3.63) is 114 Å². The predicted octanol–water partition coefficient (Wildman–Crippen LogP) is 6.56. The monoisotopic (exact) mass is 553 g/mol. The third kappa shape index (κ3) is 7.05. The molecule has 7 nitrogen and oxygen atoms in total. The van der Waals surface area contributed by atoms with Crippen LogP contribution in [0.4, 0.5) is 10.5 Å². The van der Waals surface area contributed by atoms with Crippen LogP contribution in [0.15, 0.2) is 97.7 Å². The highest BCUT2D eigenvalue weighted by atomic mass is 16.6. The first-order chi connectivity index (χ1) is 19.5. The molecule has 0 spiro atoms. The van der Waals surface area contributed by atoms with E-state index in [2.05, 4.69) is 34.8 Å². The second kappa shape index (κ2) is 12.4. The fourth-order valence-corrected chi connectivity index (χ4v) is 5.09. The Balaban J connectivity index is 1.69. The molecule has 2 amide bonds. The third-order valence-electron chi connectivity index (χ3n) is 6.94. The fourth-order valence-electron chi connectivity index (χ4n) is 5.09. The van der Waals surface area contributed by atoms with Crippen LogP contribution in [0.2, 0.25) is 0 Å². The van der Waals surface area contributed by atoms with Crippen LogP contribution in [-0.2, 0) is 35.1 Å². The molecule has 0 saturated heterocycles. The Kier molecular flexibility index (Phi) is 8.98. The van der Waals surface area contributed by atoms with Crippen LogP contribution in [0.5, 0.6) is 0 Å². The second-order valence-corrected chi connectivity index (χ2v) is 11.3. The van der Waals surface area contributed by atoms with Crippen LogP contribution < -0.4 is 5.32 Å². The number of nitrogens with one attached hydrogen (secondary N) is 1. The lowest BCUT2D eigenvalue weighted by Gasteiger charge is -2.34. The first-order valence-corrected chi connectivity index (χ1v) is 13.8. The molecule has 41 heavy (non-hydrogen) atoms. The molecule has 0 aliphatic rings. The highest BCUT2D eigenvalue weighted by molar-refractivity contribution is 5.92. The number of ether oxygens (including phenoxy) is 1. The molecule has 2 N–H and O–H groups in total. The van der Waals surface area contributed by atoms with E-state index in [0.717, 1.165) is 22.0 Å². The van der Waals surface area contributed by atoms with Crippen molar-refractivity contribution in [2.75, 3.05) is 11.9 Å². The molecule has 214 valence electrons. The molecule has 1 heterocycles. The number of anilines is 1. The summed E-state index contributed by atoms with van der Waals surface area (Å²) in [4.78, 5) is 28.7. The van der Waals surface area contributed by atoms with E-state index in [-0.39, 0.29) is 12.0 Å². The number of rotatable bonds is 10. The van der Waals surface area contributed by atoms with Crippen LogP contribution in [0, 0.1) is 0 Å². The molecular weight excluding hydrogens is 514 g/mol. The molecule has 0 saturated carbocycles. The lowest BCUT2D eigenvalue weighted by molar-refractivity contribution is -0.153. The minimum atomic E-state index is -1.97. The lowest BCUT2D eigenvalue weighted by Crippen LogP contribution is -2.47. The van der Waals surface area contributed by atoms with Crippen molar-refractivity contribution in [3.8, 4) is 0 Å². The Morgan fingerprint density at radius 2 is 1.66 bits per heavy atom. The summed E-state index contributed by atoms with van der Waals surface area (Å²) in [6, 6.07) is 24.7. The van der Waals surface area contributed by atoms with Gasteiger partial charge < -0.3 is 19.3 Å². The normalized spacial score (nSPS) is 12.9. The maximum Gasteiger partial charge on any atom is 0.412 e. The Morgan fingerprint density at radius 3 is 2.37 bits per heavy atom. The molecule has 4 aromatic rings. The Bertz CT molecular complexity index is 1520. The van der Waals surface area contributed by atoms with Crippen molar-refractivity contribution in [3.63, 3.8) is 0 Å². The van der Waals surface area contributed by atoms with E-state index in [9.17, 15) is 14.7 Å². The number of aliphatic hydroxyl groups is 1. The van der Waals surface area contributed by atoms with Gasteiger partial charge in [0.15, 0.2) is 5.60 Å². The number of nitrogens with zero attached hydrogens (tertiary/aromatic N) is 2. The second-order valence-electron chi connectivity index (χ2n) is 11.3. The van der Waals surface area contributed by atoms with Crippen LogP contribution >= 0.6 is 0 Å². The summed E-state index contributed by atoms with van der Waals surface area (Å²) >= 11 is 0. The Morgan fingerprint density at radius 1 is 1.00 bits per heavy atom. The van der Waals surface area contributed by atoms with Gasteiger partial charge in [0, 0.05) is 49.2 Å². The molecule has 0 radical (unpaired) electrons. The number of aryl methyl sites for hydroxylation is 1. The van der Waals surface area contributed by atoms with Crippen LogP contribution in [-0.4, -0.2) is 38.7 Å². The van der Waals surface area contributed by atoms with E-state index in [1.165, 1.54) is 6.08 Å². The van der Waals surface area contributed by atoms with Crippen molar-refractivity contribution in [1.82, 2.24) is 9.47 Å². The van der Waals surface area contributed by atoms with Crippen LogP contribution in [0.3, 0.4) is 0 Å². The summed E-state index contributed by atoms with van der Waals surface area (Å²) in [5.74, 6) is -0.472. The first-order valence-electron chi connectivity index (χ1n) is 13.8. The summed E-state index contributed by atoms with van der Waals surface area (Å²) in [6.45, 7) is 9.82. The molecule has 7 heteroatoms. The number of benzene rings is 3. The van der Waals surface area contributed by atoms with Gasteiger partial charge in [0.05, 0.1) is 5.69 Å². The van der Waals surface area contributed by atoms with Crippen molar-refractivity contribution >= 4 is 28.6 Å². The Hall–Kier alpha value is -4.36. The van der Waals surface area contributed by atoms with Gasteiger partial charge in [-0.1, -0.05) is 72.8 Å². The molecular formula is C34H39N3O4. The average Bonchev–Trinajstić information content (AvgIpc) is 3.26. The minimum absolute atomic E-state index is 0.0433. The first kappa shape index (κ1) is 29.6. The topological polar surface area (TPSA) is 83.8 Å². The van der Waals surface area contributed by atoms with Gasteiger partial charge in [-0.05, 0) is 50.5 Å². The number of amides is 2. The molecule has 0 aliphatic heterocycles. The highest BCUT2D eigenvalue weighted by Gasteiger charge is 2.42. The summed E-state index contributed by atoms with van der Waals surface area (Å²) in [7, 11) is 2.01. The quantitative estimate of drug-likeness (QED) is 0.218. The Labute approximate surface area is 242 Å². The SMILES string of the molecule is C=CCC(O)(C(=O)N(CCc1cn(C)c2ccccc12)Cc1ccccc1)c1ccccc1NC(=O)OC(C)(C)C. The molecule has 0 fully saturated rings. The zero-order chi connectivity index (χ0) is 29.6. The molecule has 3 aromatic carbocycles. The summed E-state index contributed by atoms with van der Waals surface area (Å²) < 4.78 is 7.52. The molecule has 0 aliphatic carbocycles. The van der Waals surface area contributed by atoms with E-state index < -0.39 is 23.2 Å². The standard InChI is InChI=1S/C34H39N3O4/c1-6-21-34(40,28-17-11-12-18-29(28)35-32(39)41-33(2,3)4)31(38)37(23-25-14-8-7-9-15-25)22-20-26-24-36(5)30-19-13-10-16-27(26)30/h6-19,24,40H,1,20-23H2,2-5H3,(H,35,39). The number of hydrogen-bond donors (Lipinski definition) is 2. The number of carbonyl (C=O) groups is 2. The molecule has 0 bridgehead atoms. The zero-order valence-electron chi connectivity index (χ0n) is 24.3. The van der Waals surface area contributed by atoms with Crippen molar-refractivity contribution in [1.29, 1.82) is 0 Å². The summed E-state index contributed by atoms with van der Waals surface area (Å²) in [5.41, 5.74) is 1.08. The number of hydrogen-bond acceptors (Lipinski definition) is 4. The number of fused-ring (bicyclic) bond motifs is 1. The fraction of sp³-hybridized carbons (Fsp3) is 0.294. The van der Waals surface area contributed by atoms with Crippen molar-refractivity contribution in [2.24, 2.45) is 7.05 Å². The largest absolute Gasteiger partial charge is 0.444 e. The number of aromatic nitrogens is 1.